The number of carbonyl (C=O) groups is 1. The topological polar surface area (TPSA) is 72.3 Å². The van der Waals surface area contributed by atoms with Crippen molar-refractivity contribution in [1.82, 2.24) is 9.97 Å². The van der Waals surface area contributed by atoms with Gasteiger partial charge in [0, 0.05) is 5.56 Å². The van der Waals surface area contributed by atoms with Crippen LogP contribution in [0.2, 0.25) is 0 Å². The molecular weight excluding hydrogens is 349 g/mol. The first kappa shape index (κ1) is 17.7. The number of halogens is 3. The number of fused-ring (bicyclic) bond motifs is 1. The monoisotopic (exact) mass is 362 g/mol. The molecule has 0 amide bonds. The van der Waals surface area contributed by atoms with Gasteiger partial charge in [0.15, 0.2) is 5.82 Å². The molecule has 26 heavy (non-hydrogen) atoms. The number of hydrogen-bond acceptors (Lipinski definition) is 4. The van der Waals surface area contributed by atoms with Crippen molar-refractivity contribution in [2.24, 2.45) is 0 Å². The lowest BCUT2D eigenvalue weighted by molar-refractivity contribution is -0.137. The number of benzene rings is 2. The van der Waals surface area contributed by atoms with Gasteiger partial charge in [0.25, 0.3) is 0 Å². The fourth-order valence-electron chi connectivity index (χ4n) is 2.42. The van der Waals surface area contributed by atoms with Gasteiger partial charge in [-0.2, -0.15) is 18.2 Å². The van der Waals surface area contributed by atoms with E-state index >= 15 is 0 Å². The van der Waals surface area contributed by atoms with Crippen LogP contribution < -0.4 is 4.74 Å². The van der Waals surface area contributed by atoms with E-state index in [4.69, 9.17) is 9.84 Å². The zero-order chi connectivity index (χ0) is 18.9. The third-order valence-electron chi connectivity index (χ3n) is 3.66. The smallest absolute Gasteiger partial charge is 0.416 e. The molecule has 1 heterocycles. The van der Waals surface area contributed by atoms with E-state index in [0.717, 1.165) is 12.1 Å². The molecule has 3 aromatic rings. The second-order valence-electron chi connectivity index (χ2n) is 5.40. The van der Waals surface area contributed by atoms with Crippen LogP contribution in [0.4, 0.5) is 13.2 Å². The first-order valence-corrected chi connectivity index (χ1v) is 7.65. The SMILES string of the molecule is CCOc1nc(-c2ccc(C(F)(F)F)cc2)nc2cc(C(=O)O)ccc12. The van der Waals surface area contributed by atoms with Gasteiger partial charge in [-0.3, -0.25) is 0 Å². The third-order valence-corrected chi connectivity index (χ3v) is 3.66. The van der Waals surface area contributed by atoms with Gasteiger partial charge in [-0.05, 0) is 37.3 Å². The highest BCUT2D eigenvalue weighted by Gasteiger charge is 2.30. The molecule has 0 saturated carbocycles. The molecule has 1 aromatic heterocycles. The van der Waals surface area contributed by atoms with Gasteiger partial charge >= 0.3 is 12.1 Å². The van der Waals surface area contributed by atoms with E-state index in [0.29, 0.717) is 23.1 Å². The molecule has 0 spiro atoms. The predicted molar refractivity (Wildman–Crippen MR) is 88.1 cm³/mol. The molecule has 0 unspecified atom stereocenters. The lowest BCUT2D eigenvalue weighted by Gasteiger charge is -2.11. The lowest BCUT2D eigenvalue weighted by Crippen LogP contribution is -2.04. The Morgan fingerprint density at radius 1 is 1.12 bits per heavy atom. The maximum absolute atomic E-state index is 12.7. The molecule has 0 bridgehead atoms. The first-order valence-electron chi connectivity index (χ1n) is 7.65. The number of carboxylic acids is 1. The highest BCUT2D eigenvalue weighted by Crippen LogP contribution is 2.32. The molecule has 3 rings (SSSR count). The van der Waals surface area contributed by atoms with Gasteiger partial charge in [-0.1, -0.05) is 12.1 Å². The molecule has 0 atom stereocenters. The predicted octanol–water partition coefficient (Wildman–Crippen LogP) is 4.41. The standard InChI is InChI=1S/C18H13F3N2O3/c1-2-26-16-13-8-5-11(17(24)25)9-14(13)22-15(23-16)10-3-6-12(7-4-10)18(19,20)21/h3-9H,2H2,1H3,(H,24,25). The normalized spacial score (nSPS) is 11.5. The van der Waals surface area contributed by atoms with Crippen LogP contribution in [0.1, 0.15) is 22.8 Å². The average molecular weight is 362 g/mol. The van der Waals surface area contributed by atoms with E-state index in [1.54, 1.807) is 13.0 Å². The van der Waals surface area contributed by atoms with Crippen LogP contribution >= 0.6 is 0 Å². The van der Waals surface area contributed by atoms with E-state index in [-0.39, 0.29) is 17.3 Å². The van der Waals surface area contributed by atoms with Gasteiger partial charge in [-0.25, -0.2) is 9.78 Å². The Bertz CT molecular complexity index is 970. The maximum Gasteiger partial charge on any atom is 0.416 e. The Morgan fingerprint density at radius 2 is 1.81 bits per heavy atom. The quantitative estimate of drug-likeness (QED) is 0.744. The number of rotatable bonds is 4. The second kappa shape index (κ2) is 6.62. The highest BCUT2D eigenvalue weighted by atomic mass is 19.4. The summed E-state index contributed by atoms with van der Waals surface area (Å²) in [6.07, 6.45) is -4.43. The van der Waals surface area contributed by atoms with Crippen molar-refractivity contribution in [3.8, 4) is 17.3 Å². The first-order chi connectivity index (χ1) is 12.3. The summed E-state index contributed by atoms with van der Waals surface area (Å²) >= 11 is 0. The Labute approximate surface area is 146 Å². The van der Waals surface area contributed by atoms with E-state index in [1.807, 2.05) is 0 Å². The minimum atomic E-state index is -4.43. The number of aromatic carboxylic acids is 1. The summed E-state index contributed by atoms with van der Waals surface area (Å²) in [7, 11) is 0. The molecule has 2 aromatic carbocycles. The Kier molecular flexibility index (Phi) is 4.50. The van der Waals surface area contributed by atoms with Crippen molar-refractivity contribution in [3.05, 3.63) is 53.6 Å². The summed E-state index contributed by atoms with van der Waals surface area (Å²) in [5, 5.41) is 9.65. The zero-order valence-electron chi connectivity index (χ0n) is 13.5. The van der Waals surface area contributed by atoms with Gasteiger partial charge in [0.1, 0.15) is 0 Å². The second-order valence-corrected chi connectivity index (χ2v) is 5.40. The van der Waals surface area contributed by atoms with Crippen LogP contribution in [0.25, 0.3) is 22.3 Å². The van der Waals surface area contributed by atoms with Crippen LogP contribution in [-0.4, -0.2) is 27.7 Å². The van der Waals surface area contributed by atoms with Gasteiger partial charge in [0.05, 0.1) is 28.6 Å². The molecule has 1 N–H and O–H groups in total. The minimum absolute atomic E-state index is 0.0389. The van der Waals surface area contributed by atoms with Crippen molar-refractivity contribution in [3.63, 3.8) is 0 Å². The zero-order valence-corrected chi connectivity index (χ0v) is 13.5. The Hall–Kier alpha value is -3.16. The lowest BCUT2D eigenvalue weighted by atomic mass is 10.1. The fourth-order valence-corrected chi connectivity index (χ4v) is 2.42. The van der Waals surface area contributed by atoms with Gasteiger partial charge in [-0.15, -0.1) is 0 Å². The van der Waals surface area contributed by atoms with Crippen molar-refractivity contribution in [1.29, 1.82) is 0 Å². The van der Waals surface area contributed by atoms with Crippen LogP contribution in [0.5, 0.6) is 5.88 Å². The van der Waals surface area contributed by atoms with E-state index < -0.39 is 17.7 Å². The summed E-state index contributed by atoms with van der Waals surface area (Å²) < 4.78 is 43.6. The fraction of sp³-hybridized carbons (Fsp3) is 0.167. The summed E-state index contributed by atoms with van der Waals surface area (Å²) in [5.74, 6) is -0.721. The third kappa shape index (κ3) is 3.44. The van der Waals surface area contributed by atoms with Crippen LogP contribution in [0.3, 0.4) is 0 Å². The van der Waals surface area contributed by atoms with E-state index in [9.17, 15) is 18.0 Å². The number of nitrogens with zero attached hydrogens (tertiary/aromatic N) is 2. The van der Waals surface area contributed by atoms with Gasteiger partial charge in [0.2, 0.25) is 5.88 Å². The molecule has 0 aliphatic carbocycles. The summed E-state index contributed by atoms with van der Waals surface area (Å²) in [6, 6.07) is 8.74. The minimum Gasteiger partial charge on any atom is -0.478 e. The molecule has 134 valence electrons. The van der Waals surface area contributed by atoms with Crippen LogP contribution in [0.15, 0.2) is 42.5 Å². The summed E-state index contributed by atoms with van der Waals surface area (Å²) in [4.78, 5) is 19.7. The highest BCUT2D eigenvalue weighted by molar-refractivity contribution is 5.94. The molecule has 5 nitrogen and oxygen atoms in total. The number of hydrogen-bond donors (Lipinski definition) is 1. The molecular formula is C18H13F3N2O3. The van der Waals surface area contributed by atoms with E-state index in [1.165, 1.54) is 24.3 Å². The number of alkyl halides is 3. The molecule has 8 heteroatoms. The van der Waals surface area contributed by atoms with Crippen LogP contribution in [0, 0.1) is 0 Å². The number of aromatic nitrogens is 2. The van der Waals surface area contributed by atoms with Crippen molar-refractivity contribution in [2.75, 3.05) is 6.61 Å². The summed E-state index contributed by atoms with van der Waals surface area (Å²) in [6.45, 7) is 2.08. The molecule has 0 radical (unpaired) electrons. The van der Waals surface area contributed by atoms with Crippen molar-refractivity contribution >= 4 is 16.9 Å². The van der Waals surface area contributed by atoms with Gasteiger partial charge < -0.3 is 9.84 Å². The van der Waals surface area contributed by atoms with Crippen molar-refractivity contribution < 1.29 is 27.8 Å². The average Bonchev–Trinajstić information content (AvgIpc) is 2.60. The molecule has 0 saturated heterocycles. The van der Waals surface area contributed by atoms with E-state index in [2.05, 4.69) is 9.97 Å². The van der Waals surface area contributed by atoms with Crippen LogP contribution in [-0.2, 0) is 6.18 Å². The largest absolute Gasteiger partial charge is 0.478 e. The summed E-state index contributed by atoms with van der Waals surface area (Å²) in [5.41, 5.74) is -0.0444. The number of carboxylic acid groups (broad SMARTS) is 1. The Morgan fingerprint density at radius 3 is 2.38 bits per heavy atom. The number of ether oxygens (including phenoxy) is 1. The van der Waals surface area contributed by atoms with Crippen molar-refractivity contribution in [2.45, 2.75) is 13.1 Å². The molecule has 0 aliphatic heterocycles. The maximum atomic E-state index is 12.7. The Balaban J connectivity index is 2.14. The molecule has 0 fully saturated rings. The molecule has 0 aliphatic rings.